The van der Waals surface area contributed by atoms with Crippen molar-refractivity contribution in [1.29, 1.82) is 0 Å². The first kappa shape index (κ1) is 25.1. The number of aliphatic hydroxyl groups excluding tert-OH is 2. The quantitative estimate of drug-likeness (QED) is 0.0667. The first-order valence-electron chi connectivity index (χ1n) is 19.0. The average molecular weight is 531 g/mol. The van der Waals surface area contributed by atoms with E-state index >= 15 is 0 Å². The summed E-state index contributed by atoms with van der Waals surface area (Å²) in [5.41, 5.74) is 0. The Morgan fingerprint density at radius 3 is 1.78 bits per heavy atom. The molecule has 0 saturated carbocycles. The molecule has 0 fully saturated rings. The van der Waals surface area contributed by atoms with Crippen LogP contribution in [0.3, 0.4) is 0 Å². The maximum Gasteiger partial charge on any atom is 0.220 e. The minimum Gasteiger partial charge on any atom is -0.394 e. The van der Waals surface area contributed by atoms with Crippen LogP contribution in [0.25, 0.3) is 0 Å². The zero-order valence-electron chi connectivity index (χ0n) is 31.1. The number of unbranched alkanes of at least 4 members (excludes halogenated alkanes) is 19. The van der Waals surface area contributed by atoms with Crippen LogP contribution in [0, 0.1) is 0 Å². The van der Waals surface area contributed by atoms with Gasteiger partial charge in [-0.25, -0.2) is 0 Å². The lowest BCUT2D eigenvalue weighted by Gasteiger charge is -2.20. The van der Waals surface area contributed by atoms with Crippen molar-refractivity contribution in [3.05, 3.63) is 12.2 Å². The van der Waals surface area contributed by atoms with Crippen molar-refractivity contribution in [1.82, 2.24) is 5.32 Å². The third-order valence-electron chi connectivity index (χ3n) is 7.06. The van der Waals surface area contributed by atoms with Gasteiger partial charge in [0, 0.05) is 16.0 Å². The van der Waals surface area contributed by atoms with E-state index in [-0.39, 0.29) is 18.9 Å². The van der Waals surface area contributed by atoms with Crippen LogP contribution >= 0.6 is 0 Å². The molecule has 3 N–H and O–H groups in total. The van der Waals surface area contributed by atoms with Crippen molar-refractivity contribution < 1.29 is 24.6 Å². The van der Waals surface area contributed by atoms with Gasteiger partial charge in [-0.05, 0) is 19.3 Å². The second-order valence-corrected chi connectivity index (χ2v) is 10.6. The van der Waals surface area contributed by atoms with E-state index in [0.29, 0.717) is 12.8 Å². The first-order valence-corrected chi connectivity index (χ1v) is 15.5. The highest BCUT2D eigenvalue weighted by molar-refractivity contribution is 5.76. The third kappa shape index (κ3) is 26.5. The minimum absolute atomic E-state index is 0.100. The zero-order valence-corrected chi connectivity index (χ0v) is 24.1. The molecule has 0 heterocycles. The van der Waals surface area contributed by atoms with E-state index < -0.39 is 31.7 Å². The van der Waals surface area contributed by atoms with Crippen molar-refractivity contribution in [2.75, 3.05) is 6.61 Å². The number of hydrogen-bond acceptors (Lipinski definition) is 3. The van der Waals surface area contributed by atoms with Crippen molar-refractivity contribution in [3.8, 4) is 0 Å². The predicted molar refractivity (Wildman–Crippen MR) is 161 cm³/mol. The van der Waals surface area contributed by atoms with E-state index in [4.69, 9.17) is 9.60 Å². The van der Waals surface area contributed by atoms with Crippen LogP contribution < -0.4 is 5.32 Å². The van der Waals surface area contributed by atoms with E-state index in [0.717, 1.165) is 70.6 Å². The van der Waals surface area contributed by atoms with E-state index in [1.54, 1.807) is 6.08 Å². The van der Waals surface area contributed by atoms with Crippen molar-refractivity contribution >= 4 is 5.91 Å². The summed E-state index contributed by atoms with van der Waals surface area (Å²) < 4.78 is 52.8. The number of allylic oxidation sites excluding steroid dienone is 1. The summed E-state index contributed by atoms with van der Waals surface area (Å²) in [4.78, 5) is 12.3. The molecule has 4 nitrogen and oxygen atoms in total. The molecule has 0 aliphatic carbocycles. The number of nitrogens with one attached hydrogen (secondary N) is 1. The summed E-state index contributed by atoms with van der Waals surface area (Å²) in [6, 6.07) is -0.696. The van der Waals surface area contributed by atoms with Gasteiger partial charge in [-0.15, -0.1) is 0 Å². The molecule has 0 aliphatic heterocycles. The predicted octanol–water partition coefficient (Wildman–Crippen LogP) is 9.17. The fraction of sp³-hybridized carbons (Fsp3) is 0.909. The maximum atomic E-state index is 12.3. The monoisotopic (exact) mass is 531 g/mol. The Morgan fingerprint density at radius 2 is 1.27 bits per heavy atom. The van der Waals surface area contributed by atoms with Gasteiger partial charge < -0.3 is 15.5 Å². The fourth-order valence-electron chi connectivity index (χ4n) is 4.61. The minimum atomic E-state index is -2.98. The Balaban J connectivity index is 3.83. The Morgan fingerprint density at radius 1 is 0.784 bits per heavy atom. The number of amides is 1. The summed E-state index contributed by atoms with van der Waals surface area (Å²) >= 11 is 0. The van der Waals surface area contributed by atoms with E-state index in [1.165, 1.54) is 57.8 Å². The number of aliphatic hydroxyl groups is 2. The van der Waals surface area contributed by atoms with Crippen molar-refractivity contribution in [2.24, 2.45) is 0 Å². The van der Waals surface area contributed by atoms with Crippen LogP contribution in [-0.4, -0.2) is 34.9 Å². The largest absolute Gasteiger partial charge is 0.394 e. The van der Waals surface area contributed by atoms with Gasteiger partial charge >= 0.3 is 0 Å². The molecule has 0 aromatic heterocycles. The molecule has 0 saturated heterocycles. The summed E-state index contributed by atoms with van der Waals surface area (Å²) in [6.07, 6.45) is 20.6. The molecule has 37 heavy (non-hydrogen) atoms. The van der Waals surface area contributed by atoms with Crippen LogP contribution in [-0.2, 0) is 4.79 Å². The highest BCUT2D eigenvalue weighted by Gasteiger charge is 2.17. The summed E-state index contributed by atoms with van der Waals surface area (Å²) in [5.74, 6) is -0.126. The lowest BCUT2D eigenvalue weighted by Crippen LogP contribution is -2.45. The molecule has 220 valence electrons. The lowest BCUT2D eigenvalue weighted by atomic mass is 10.0. The normalized spacial score (nSPS) is 17.2. The lowest BCUT2D eigenvalue weighted by molar-refractivity contribution is -0.123. The highest BCUT2D eigenvalue weighted by atomic mass is 16.3. The van der Waals surface area contributed by atoms with Crippen LogP contribution in [0.4, 0.5) is 0 Å². The molecular weight excluding hydrogens is 458 g/mol. The smallest absolute Gasteiger partial charge is 0.220 e. The number of carbonyl (C=O) groups is 1. The molecule has 0 aromatic rings. The highest BCUT2D eigenvalue weighted by Crippen LogP contribution is 2.14. The fourth-order valence-corrected chi connectivity index (χ4v) is 4.61. The van der Waals surface area contributed by atoms with Crippen LogP contribution in [0.5, 0.6) is 0 Å². The Labute approximate surface area is 241 Å². The molecule has 0 spiro atoms. The standard InChI is InChI=1S/C33H65NO3/c1-3-5-7-9-11-13-15-17-18-20-22-24-26-28-32(36)31(30-35)34-33(37)29-27-25-23-21-19-16-14-12-10-8-6-4-2/h26,28,31-32,35-36H,3-25,27,29-30H2,1-2H3,(H,34,37)/b28-26+/t31-,32+/m0/s1/i1D3,3D2,5D2. The van der Waals surface area contributed by atoms with E-state index in [2.05, 4.69) is 12.2 Å². The third-order valence-corrected chi connectivity index (χ3v) is 7.06. The van der Waals surface area contributed by atoms with E-state index in [9.17, 15) is 15.0 Å². The average Bonchev–Trinajstić information content (AvgIpc) is 2.96. The van der Waals surface area contributed by atoms with Crippen LogP contribution in [0.1, 0.15) is 184 Å². The Bertz CT molecular complexity index is 733. The number of rotatable bonds is 29. The van der Waals surface area contributed by atoms with Gasteiger partial charge in [0.25, 0.3) is 0 Å². The number of carbonyl (C=O) groups excluding carboxylic acids is 1. The molecule has 1 amide bonds. The molecule has 2 atom stereocenters. The molecular formula is C33H65NO3. The topological polar surface area (TPSA) is 69.6 Å². The van der Waals surface area contributed by atoms with Gasteiger partial charge in [-0.1, -0.05) is 161 Å². The van der Waals surface area contributed by atoms with Gasteiger partial charge in [-0.3, -0.25) is 4.79 Å². The maximum absolute atomic E-state index is 12.3. The molecule has 0 aromatic carbocycles. The first-order chi connectivity index (χ1) is 20.8. The summed E-state index contributed by atoms with van der Waals surface area (Å²) in [5, 5.41) is 22.8. The Kier molecular flexibility index (Phi) is 20.2. The second-order valence-electron chi connectivity index (χ2n) is 10.6. The van der Waals surface area contributed by atoms with Crippen LogP contribution in [0.2, 0.25) is 0 Å². The molecule has 0 unspecified atom stereocenters. The van der Waals surface area contributed by atoms with Gasteiger partial charge in [0.15, 0.2) is 0 Å². The molecule has 0 rings (SSSR count). The van der Waals surface area contributed by atoms with Gasteiger partial charge in [0.2, 0.25) is 5.91 Å². The van der Waals surface area contributed by atoms with E-state index in [1.807, 2.05) is 6.08 Å². The molecule has 0 bridgehead atoms. The zero-order chi connectivity index (χ0) is 33.3. The SMILES string of the molecule is [2H]C([2H])([2H])C([2H])([2H])C([2H])([2H])CCCCCCCCCC/C=C/[C@@H](O)[C@H](CO)NC(=O)CCCCCCCCCCCCCC. The van der Waals surface area contributed by atoms with Crippen molar-refractivity contribution in [3.63, 3.8) is 0 Å². The summed E-state index contributed by atoms with van der Waals surface area (Å²) in [7, 11) is 0. The van der Waals surface area contributed by atoms with Gasteiger partial charge in [0.1, 0.15) is 0 Å². The number of hydrogen-bond donors (Lipinski definition) is 3. The van der Waals surface area contributed by atoms with Gasteiger partial charge in [-0.2, -0.15) is 0 Å². The van der Waals surface area contributed by atoms with Crippen LogP contribution in [0.15, 0.2) is 12.2 Å². The molecule has 0 radical (unpaired) electrons. The Hall–Kier alpha value is -0.870. The second kappa shape index (κ2) is 29.7. The molecule has 4 heteroatoms. The summed E-state index contributed by atoms with van der Waals surface area (Å²) in [6.45, 7) is -1.05. The van der Waals surface area contributed by atoms with Gasteiger partial charge in [0.05, 0.1) is 18.8 Å². The molecule has 0 aliphatic rings. The van der Waals surface area contributed by atoms with Crippen molar-refractivity contribution in [2.45, 2.75) is 186 Å².